The predicted octanol–water partition coefficient (Wildman–Crippen LogP) is 7.07. The maximum Gasteiger partial charge on any atom is 0.339 e. The average molecular weight is 544 g/mol. The quantitative estimate of drug-likeness (QED) is 0.133. The molecule has 6 nitrogen and oxygen atoms in total. The summed E-state index contributed by atoms with van der Waals surface area (Å²) >= 11 is 0. The number of rotatable bonds is 17. The summed E-state index contributed by atoms with van der Waals surface area (Å²) in [7, 11) is 0. The van der Waals surface area contributed by atoms with Gasteiger partial charge in [0.2, 0.25) is 0 Å². The lowest BCUT2D eigenvalue weighted by Gasteiger charge is -2.19. The summed E-state index contributed by atoms with van der Waals surface area (Å²) in [6.45, 7) is 2.63. The van der Waals surface area contributed by atoms with Crippen molar-refractivity contribution in [1.29, 1.82) is 0 Å². The number of unbranched alkanes of at least 4 members (excludes halogenated alkanes) is 9. The Balaban J connectivity index is 1.51. The second kappa shape index (κ2) is 16.9. The minimum Gasteiger partial charge on any atom is -0.545 e. The second-order valence-corrected chi connectivity index (χ2v) is 10.0. The molecule has 0 aromatic heterocycles. The van der Waals surface area contributed by atoms with Gasteiger partial charge in [-0.2, -0.15) is 0 Å². The zero-order chi connectivity index (χ0) is 28.6. The highest BCUT2D eigenvalue weighted by atomic mass is 16.5. The Bertz CT molecular complexity index is 1190. The van der Waals surface area contributed by atoms with E-state index in [2.05, 4.69) is 6.92 Å². The minimum absolute atomic E-state index is 0.0215. The first-order chi connectivity index (χ1) is 19.5. The van der Waals surface area contributed by atoms with E-state index in [9.17, 15) is 19.5 Å². The predicted molar refractivity (Wildman–Crippen MR) is 153 cm³/mol. The van der Waals surface area contributed by atoms with Gasteiger partial charge in [0.05, 0.1) is 23.7 Å². The summed E-state index contributed by atoms with van der Waals surface area (Å²) in [4.78, 5) is 36.4. The van der Waals surface area contributed by atoms with Gasteiger partial charge in [0.15, 0.2) is 6.10 Å². The summed E-state index contributed by atoms with van der Waals surface area (Å²) < 4.78 is 11.3. The molecule has 0 heterocycles. The molecule has 3 aromatic carbocycles. The van der Waals surface area contributed by atoms with Gasteiger partial charge in [0.25, 0.3) is 0 Å². The Labute approximate surface area is 237 Å². The van der Waals surface area contributed by atoms with Crippen LogP contribution in [0.5, 0.6) is 0 Å². The molecule has 1 atom stereocenters. The van der Waals surface area contributed by atoms with Gasteiger partial charge in [-0.25, -0.2) is 9.59 Å². The zero-order valence-corrected chi connectivity index (χ0v) is 23.3. The van der Waals surface area contributed by atoms with Gasteiger partial charge in [-0.3, -0.25) is 0 Å². The van der Waals surface area contributed by atoms with Crippen molar-refractivity contribution in [1.82, 2.24) is 0 Å². The average Bonchev–Trinajstić information content (AvgIpc) is 2.99. The highest BCUT2D eigenvalue weighted by Gasteiger charge is 2.21. The van der Waals surface area contributed by atoms with Gasteiger partial charge in [-0.1, -0.05) is 119 Å². The third-order valence-corrected chi connectivity index (χ3v) is 6.86. The lowest BCUT2D eigenvalue weighted by molar-refractivity contribution is -0.255. The van der Waals surface area contributed by atoms with Crippen LogP contribution >= 0.6 is 0 Å². The molecule has 0 aliphatic rings. The topological polar surface area (TPSA) is 92.7 Å². The first-order valence-corrected chi connectivity index (χ1v) is 14.3. The van der Waals surface area contributed by atoms with Crippen molar-refractivity contribution in [3.8, 4) is 0 Å². The molecule has 40 heavy (non-hydrogen) atoms. The van der Waals surface area contributed by atoms with E-state index in [0.29, 0.717) is 17.7 Å². The van der Waals surface area contributed by atoms with Crippen molar-refractivity contribution in [2.75, 3.05) is 6.61 Å². The highest BCUT2D eigenvalue weighted by Crippen LogP contribution is 2.28. The van der Waals surface area contributed by atoms with E-state index in [-0.39, 0.29) is 17.1 Å². The van der Waals surface area contributed by atoms with Crippen LogP contribution in [0.1, 0.15) is 119 Å². The fourth-order valence-corrected chi connectivity index (χ4v) is 4.51. The van der Waals surface area contributed by atoms with Crippen molar-refractivity contribution in [3.63, 3.8) is 0 Å². The van der Waals surface area contributed by atoms with Crippen LogP contribution in [0.3, 0.4) is 0 Å². The monoisotopic (exact) mass is 543 g/mol. The smallest absolute Gasteiger partial charge is 0.339 e. The maximum absolute atomic E-state index is 12.9. The molecule has 3 rings (SSSR count). The minimum atomic E-state index is -1.32. The standard InChI is InChI=1S/C34H40O6/c1-2-3-4-5-6-7-8-9-10-14-25-39-33(37)29-21-17-27(18-22-29)31(26-15-12-11-13-16-26)40-34(38)30-23-19-28(20-24-30)32(35)36/h11-13,15-24,31H,2-10,14,25H2,1H3,(H,35,36)/p-1. The Morgan fingerprint density at radius 3 is 1.65 bits per heavy atom. The van der Waals surface area contributed by atoms with E-state index in [1.807, 2.05) is 30.3 Å². The van der Waals surface area contributed by atoms with Crippen LogP contribution in [0.15, 0.2) is 78.9 Å². The van der Waals surface area contributed by atoms with Crippen LogP contribution in [0.4, 0.5) is 0 Å². The molecule has 0 saturated heterocycles. The van der Waals surface area contributed by atoms with Crippen LogP contribution in [0, 0.1) is 0 Å². The first-order valence-electron chi connectivity index (χ1n) is 14.3. The van der Waals surface area contributed by atoms with Crippen LogP contribution < -0.4 is 5.11 Å². The van der Waals surface area contributed by atoms with E-state index in [0.717, 1.165) is 18.4 Å². The van der Waals surface area contributed by atoms with E-state index >= 15 is 0 Å². The number of hydrogen-bond donors (Lipinski definition) is 0. The lowest BCUT2D eigenvalue weighted by Crippen LogP contribution is -2.22. The van der Waals surface area contributed by atoms with Crippen LogP contribution in [0.25, 0.3) is 0 Å². The maximum atomic E-state index is 12.9. The molecule has 0 amide bonds. The van der Waals surface area contributed by atoms with Crippen molar-refractivity contribution >= 4 is 17.9 Å². The zero-order valence-electron chi connectivity index (χ0n) is 23.3. The van der Waals surface area contributed by atoms with E-state index in [1.165, 1.54) is 75.6 Å². The molecule has 212 valence electrons. The Morgan fingerprint density at radius 2 is 1.07 bits per heavy atom. The summed E-state index contributed by atoms with van der Waals surface area (Å²) in [5, 5.41) is 11.0. The van der Waals surface area contributed by atoms with Gasteiger partial charge in [-0.05, 0) is 47.4 Å². The Hall–Kier alpha value is -3.93. The van der Waals surface area contributed by atoms with E-state index in [4.69, 9.17) is 9.47 Å². The molecule has 0 N–H and O–H groups in total. The molecule has 0 spiro atoms. The van der Waals surface area contributed by atoms with Crippen molar-refractivity contribution in [2.45, 2.75) is 77.2 Å². The summed E-state index contributed by atoms with van der Waals surface area (Å²) in [5.41, 5.74) is 2.09. The normalized spacial score (nSPS) is 11.5. The molecule has 0 bridgehead atoms. The third kappa shape index (κ3) is 9.99. The molecule has 0 radical (unpaired) electrons. The Morgan fingerprint density at radius 1 is 0.600 bits per heavy atom. The number of ether oxygens (including phenoxy) is 2. The van der Waals surface area contributed by atoms with Gasteiger partial charge in [0, 0.05) is 0 Å². The number of aromatic carboxylic acids is 1. The van der Waals surface area contributed by atoms with Crippen molar-refractivity contribution < 1.29 is 29.0 Å². The number of carbonyl (C=O) groups excluding carboxylic acids is 3. The number of benzene rings is 3. The third-order valence-electron chi connectivity index (χ3n) is 6.86. The van der Waals surface area contributed by atoms with Crippen molar-refractivity contribution in [3.05, 3.63) is 107 Å². The number of carbonyl (C=O) groups is 3. The molecule has 0 aliphatic heterocycles. The number of carboxylic acids is 1. The Kier molecular flexibility index (Phi) is 12.9. The molecular weight excluding hydrogens is 504 g/mol. The molecule has 0 fully saturated rings. The van der Waals surface area contributed by atoms with Crippen LogP contribution in [-0.2, 0) is 9.47 Å². The van der Waals surface area contributed by atoms with Gasteiger partial charge in [-0.15, -0.1) is 0 Å². The largest absolute Gasteiger partial charge is 0.545 e. The summed E-state index contributed by atoms with van der Waals surface area (Å²) in [5.74, 6) is -2.29. The fourth-order valence-electron chi connectivity index (χ4n) is 4.51. The summed E-state index contributed by atoms with van der Waals surface area (Å²) in [6, 6.07) is 21.5. The van der Waals surface area contributed by atoms with E-state index in [1.54, 1.807) is 24.3 Å². The number of carboxylic acid groups (broad SMARTS) is 1. The van der Waals surface area contributed by atoms with Gasteiger partial charge in [0.1, 0.15) is 0 Å². The molecule has 1 unspecified atom stereocenters. The fraction of sp³-hybridized carbons (Fsp3) is 0.382. The lowest BCUT2D eigenvalue weighted by atomic mass is 10.00. The van der Waals surface area contributed by atoms with Gasteiger partial charge >= 0.3 is 11.9 Å². The molecule has 0 saturated carbocycles. The molecule has 0 aliphatic carbocycles. The second-order valence-electron chi connectivity index (χ2n) is 10.0. The molecular formula is C34H39O6-. The number of esters is 2. The van der Waals surface area contributed by atoms with Gasteiger partial charge < -0.3 is 19.4 Å². The molecule has 3 aromatic rings. The van der Waals surface area contributed by atoms with Crippen LogP contribution in [0.2, 0.25) is 0 Å². The van der Waals surface area contributed by atoms with Crippen LogP contribution in [-0.4, -0.2) is 24.5 Å². The molecule has 6 heteroatoms. The van der Waals surface area contributed by atoms with Crippen molar-refractivity contribution in [2.24, 2.45) is 0 Å². The first kappa shape index (κ1) is 30.6. The number of hydrogen-bond acceptors (Lipinski definition) is 6. The summed E-state index contributed by atoms with van der Waals surface area (Å²) in [6.07, 6.45) is 11.5. The SMILES string of the molecule is CCCCCCCCCCCCOC(=O)c1ccc(C(OC(=O)c2ccc(C(=O)[O-])cc2)c2ccccc2)cc1. The van der Waals surface area contributed by atoms with E-state index < -0.39 is 18.0 Å². The highest BCUT2D eigenvalue weighted by molar-refractivity contribution is 5.92.